The number of nitrogens with one attached hydrogen (secondary N) is 1. The van der Waals surface area contributed by atoms with E-state index in [-0.39, 0.29) is 6.04 Å². The van der Waals surface area contributed by atoms with Crippen molar-refractivity contribution in [3.63, 3.8) is 0 Å². The van der Waals surface area contributed by atoms with Gasteiger partial charge in [-0.05, 0) is 78.3 Å². The molecule has 0 fully saturated rings. The second-order valence-corrected chi connectivity index (χ2v) is 9.35. The highest BCUT2D eigenvalue weighted by atomic mass is 79.9. The maximum atomic E-state index is 3.66. The van der Waals surface area contributed by atoms with Crippen molar-refractivity contribution < 1.29 is 0 Å². The van der Waals surface area contributed by atoms with Gasteiger partial charge in [-0.2, -0.15) is 0 Å². The summed E-state index contributed by atoms with van der Waals surface area (Å²) in [7, 11) is 0. The predicted octanol–water partition coefficient (Wildman–Crippen LogP) is 6.19. The van der Waals surface area contributed by atoms with Gasteiger partial charge in [-0.3, -0.25) is 0 Å². The zero-order valence-electron chi connectivity index (χ0n) is 9.67. The summed E-state index contributed by atoms with van der Waals surface area (Å²) >= 11 is 14.3. The van der Waals surface area contributed by atoms with E-state index >= 15 is 0 Å². The first-order valence-electron chi connectivity index (χ1n) is 5.54. The molecule has 1 unspecified atom stereocenters. The molecule has 0 saturated carbocycles. The third-order valence-corrected chi connectivity index (χ3v) is 6.82. The largest absolute Gasteiger partial charge is 0.306 e. The molecular weight excluding hydrogens is 462 g/mol. The van der Waals surface area contributed by atoms with Gasteiger partial charge in [0.15, 0.2) is 0 Å². The summed E-state index contributed by atoms with van der Waals surface area (Å²) in [5, 5.41) is 5.74. The van der Waals surface area contributed by atoms with Crippen molar-refractivity contribution in [2.45, 2.75) is 19.4 Å². The third-order valence-electron chi connectivity index (χ3n) is 2.50. The van der Waals surface area contributed by atoms with Crippen LogP contribution >= 0.6 is 70.5 Å². The lowest BCUT2D eigenvalue weighted by molar-refractivity contribution is 0.604. The van der Waals surface area contributed by atoms with Crippen LogP contribution < -0.4 is 5.32 Å². The Bertz CT molecular complexity index is 521. The van der Waals surface area contributed by atoms with Crippen LogP contribution in [-0.2, 0) is 0 Å². The van der Waals surface area contributed by atoms with Crippen molar-refractivity contribution in [1.29, 1.82) is 0 Å². The van der Waals surface area contributed by atoms with Crippen LogP contribution in [-0.4, -0.2) is 6.54 Å². The quantitative estimate of drug-likeness (QED) is 0.546. The summed E-state index contributed by atoms with van der Waals surface area (Å²) in [4.78, 5) is 1.33. The molecule has 0 spiro atoms. The van der Waals surface area contributed by atoms with Gasteiger partial charge >= 0.3 is 0 Å². The number of rotatable bonds is 5. The van der Waals surface area contributed by atoms with E-state index in [1.807, 2.05) is 0 Å². The summed E-state index contributed by atoms with van der Waals surface area (Å²) < 4.78 is 3.51. The maximum Gasteiger partial charge on any atom is 0.0762 e. The average molecular weight is 474 g/mol. The Morgan fingerprint density at radius 1 is 1.33 bits per heavy atom. The van der Waals surface area contributed by atoms with E-state index in [0.717, 1.165) is 16.8 Å². The molecule has 0 amide bonds. The highest BCUT2D eigenvalue weighted by Crippen LogP contribution is 2.41. The second-order valence-electron chi connectivity index (χ2n) is 3.80. The van der Waals surface area contributed by atoms with Crippen molar-refractivity contribution in [2.75, 3.05) is 6.54 Å². The molecule has 18 heavy (non-hydrogen) atoms. The lowest BCUT2D eigenvalue weighted by Gasteiger charge is -2.17. The minimum Gasteiger partial charge on any atom is -0.306 e. The van der Waals surface area contributed by atoms with E-state index in [1.165, 1.54) is 18.7 Å². The average Bonchev–Trinajstić information content (AvgIpc) is 2.87. The monoisotopic (exact) mass is 471 g/mol. The molecule has 1 N–H and O–H groups in total. The zero-order valence-corrected chi connectivity index (χ0v) is 16.1. The predicted molar refractivity (Wildman–Crippen MR) is 91.9 cm³/mol. The Balaban J connectivity index is 2.37. The van der Waals surface area contributed by atoms with E-state index < -0.39 is 0 Å². The van der Waals surface area contributed by atoms with Crippen molar-refractivity contribution in [1.82, 2.24) is 5.32 Å². The highest BCUT2D eigenvalue weighted by Gasteiger charge is 2.21. The Kier molecular flexibility index (Phi) is 5.90. The molecule has 2 aromatic heterocycles. The molecule has 1 nitrogen and oxygen atoms in total. The Morgan fingerprint density at radius 2 is 2.11 bits per heavy atom. The van der Waals surface area contributed by atoms with E-state index in [4.69, 9.17) is 0 Å². The lowest BCUT2D eigenvalue weighted by Crippen LogP contribution is -2.22. The van der Waals surface area contributed by atoms with Crippen LogP contribution in [0.15, 0.2) is 29.6 Å². The lowest BCUT2D eigenvalue weighted by atomic mass is 10.1. The van der Waals surface area contributed by atoms with Crippen LogP contribution in [0.4, 0.5) is 0 Å². The Morgan fingerprint density at radius 3 is 2.61 bits per heavy atom. The fourth-order valence-corrected chi connectivity index (χ4v) is 6.29. The van der Waals surface area contributed by atoms with Crippen LogP contribution in [0.25, 0.3) is 0 Å². The Labute approximate surface area is 140 Å². The summed E-state index contributed by atoms with van der Waals surface area (Å²) in [6.07, 6.45) is 1.13. The molecule has 98 valence electrons. The van der Waals surface area contributed by atoms with Gasteiger partial charge in [0.05, 0.1) is 13.6 Å². The molecule has 2 aromatic rings. The SMILES string of the molecule is CCCNC(c1cc(Br)sc1Br)c1sccc1Br. The Hall–Kier alpha value is 0.800. The van der Waals surface area contributed by atoms with E-state index in [1.54, 1.807) is 22.7 Å². The maximum absolute atomic E-state index is 3.66. The minimum absolute atomic E-state index is 0.247. The van der Waals surface area contributed by atoms with Crippen molar-refractivity contribution >= 4 is 70.5 Å². The number of thiophene rings is 2. The third kappa shape index (κ3) is 3.46. The number of halogens is 3. The topological polar surface area (TPSA) is 12.0 Å². The molecule has 6 heteroatoms. The van der Waals surface area contributed by atoms with Crippen LogP contribution in [0.1, 0.15) is 29.8 Å². The van der Waals surface area contributed by atoms with Gasteiger partial charge < -0.3 is 5.32 Å². The van der Waals surface area contributed by atoms with Crippen LogP contribution in [0.2, 0.25) is 0 Å². The van der Waals surface area contributed by atoms with Gasteiger partial charge in [-0.25, -0.2) is 0 Å². The molecule has 0 aliphatic heterocycles. The molecule has 0 aromatic carbocycles. The van der Waals surface area contributed by atoms with Gasteiger partial charge in [-0.15, -0.1) is 22.7 Å². The molecule has 2 rings (SSSR count). The molecule has 0 bridgehead atoms. The normalized spacial score (nSPS) is 12.9. The second kappa shape index (κ2) is 6.99. The summed E-state index contributed by atoms with van der Waals surface area (Å²) in [6, 6.07) is 4.54. The molecule has 1 atom stereocenters. The molecule has 0 aliphatic carbocycles. The van der Waals surface area contributed by atoms with Gasteiger partial charge in [-0.1, -0.05) is 6.92 Å². The number of hydrogen-bond acceptors (Lipinski definition) is 3. The van der Waals surface area contributed by atoms with E-state index in [9.17, 15) is 0 Å². The molecule has 0 aliphatic rings. The first-order chi connectivity index (χ1) is 8.63. The van der Waals surface area contributed by atoms with E-state index in [2.05, 4.69) is 77.5 Å². The fourth-order valence-electron chi connectivity index (χ4n) is 1.69. The van der Waals surface area contributed by atoms with Gasteiger partial charge in [0.2, 0.25) is 0 Å². The molecule has 2 heterocycles. The smallest absolute Gasteiger partial charge is 0.0762 e. The first-order valence-corrected chi connectivity index (χ1v) is 9.62. The van der Waals surface area contributed by atoms with Crippen LogP contribution in [0.3, 0.4) is 0 Å². The van der Waals surface area contributed by atoms with Gasteiger partial charge in [0, 0.05) is 14.9 Å². The summed E-state index contributed by atoms with van der Waals surface area (Å²) in [5.74, 6) is 0. The van der Waals surface area contributed by atoms with Gasteiger partial charge in [0.25, 0.3) is 0 Å². The fraction of sp³-hybridized carbons (Fsp3) is 0.333. The molecule has 0 radical (unpaired) electrons. The first kappa shape index (κ1) is 15.2. The molecule has 0 saturated heterocycles. The standard InChI is InChI=1S/C12H12Br3NS2/c1-2-4-16-10(11-8(13)3-5-17-11)7-6-9(14)18-12(7)15/h3,5-6,10,16H,2,4H2,1H3. The van der Waals surface area contributed by atoms with Gasteiger partial charge in [0.1, 0.15) is 0 Å². The van der Waals surface area contributed by atoms with Crippen molar-refractivity contribution in [3.05, 3.63) is 40.0 Å². The number of hydrogen-bond donors (Lipinski definition) is 1. The van der Waals surface area contributed by atoms with Crippen LogP contribution in [0.5, 0.6) is 0 Å². The molecular formula is C12H12Br3NS2. The summed E-state index contributed by atoms with van der Waals surface area (Å²) in [5.41, 5.74) is 1.29. The zero-order chi connectivity index (χ0) is 13.1. The minimum atomic E-state index is 0.247. The van der Waals surface area contributed by atoms with Crippen LogP contribution in [0, 0.1) is 0 Å². The highest BCUT2D eigenvalue weighted by molar-refractivity contribution is 9.12. The van der Waals surface area contributed by atoms with Crippen molar-refractivity contribution in [3.8, 4) is 0 Å². The van der Waals surface area contributed by atoms with E-state index in [0.29, 0.717) is 0 Å². The summed E-state index contributed by atoms with van der Waals surface area (Å²) in [6.45, 7) is 3.20. The van der Waals surface area contributed by atoms with Crippen molar-refractivity contribution in [2.24, 2.45) is 0 Å².